The maximum absolute atomic E-state index is 10.7. The number of nitrogens with zero attached hydrogens (tertiary/aromatic N) is 2. The Morgan fingerprint density at radius 3 is 2.68 bits per heavy atom. The van der Waals surface area contributed by atoms with Crippen LogP contribution in [0.2, 0.25) is 0 Å². The minimum atomic E-state index is -0.932. The Labute approximate surface area is 110 Å². The maximum atomic E-state index is 10.7. The zero-order chi connectivity index (χ0) is 13.7. The molecule has 6 nitrogen and oxygen atoms in total. The molecule has 0 radical (unpaired) electrons. The van der Waals surface area contributed by atoms with E-state index in [1.54, 1.807) is 0 Å². The Bertz CT molecular complexity index is 549. The van der Waals surface area contributed by atoms with Crippen molar-refractivity contribution < 1.29 is 14.6 Å². The van der Waals surface area contributed by atoms with Crippen molar-refractivity contribution in [1.82, 2.24) is 15.4 Å². The molecule has 0 unspecified atom stereocenters. The molecule has 100 valence electrons. The number of H-pyrrole nitrogens is 1. The van der Waals surface area contributed by atoms with Crippen LogP contribution in [0.5, 0.6) is 5.75 Å². The molecule has 1 heterocycles. The van der Waals surface area contributed by atoms with Gasteiger partial charge < -0.3 is 9.84 Å². The third-order valence-corrected chi connectivity index (χ3v) is 2.54. The summed E-state index contributed by atoms with van der Waals surface area (Å²) in [5, 5.41) is 19.1. The fraction of sp³-hybridized carbons (Fsp3) is 0.308. The fourth-order valence-corrected chi connectivity index (χ4v) is 1.68. The van der Waals surface area contributed by atoms with E-state index < -0.39 is 5.97 Å². The van der Waals surface area contributed by atoms with E-state index in [0.717, 1.165) is 17.7 Å². The summed E-state index contributed by atoms with van der Waals surface area (Å²) in [5.74, 6) is -0.146. The van der Waals surface area contributed by atoms with Gasteiger partial charge in [-0.3, -0.25) is 4.79 Å². The van der Waals surface area contributed by atoms with E-state index in [2.05, 4.69) is 15.4 Å². The molecule has 2 aromatic rings. The van der Waals surface area contributed by atoms with Crippen molar-refractivity contribution in [2.45, 2.75) is 19.8 Å². The molecular formula is C13H15N3O3. The fourth-order valence-electron chi connectivity index (χ4n) is 1.68. The lowest BCUT2D eigenvalue weighted by Gasteiger charge is -2.05. The van der Waals surface area contributed by atoms with Crippen LogP contribution in [0, 0.1) is 0 Å². The van der Waals surface area contributed by atoms with Gasteiger partial charge in [0.2, 0.25) is 0 Å². The number of nitrogens with one attached hydrogen (secondary N) is 1. The van der Waals surface area contributed by atoms with Crippen LogP contribution in [0.25, 0.3) is 11.3 Å². The summed E-state index contributed by atoms with van der Waals surface area (Å²) < 4.78 is 5.48. The lowest BCUT2D eigenvalue weighted by atomic mass is 10.1. The van der Waals surface area contributed by atoms with Crippen molar-refractivity contribution in [1.29, 1.82) is 0 Å². The van der Waals surface area contributed by atoms with Gasteiger partial charge in [-0.1, -0.05) is 6.92 Å². The zero-order valence-corrected chi connectivity index (χ0v) is 10.6. The lowest BCUT2D eigenvalue weighted by Crippen LogP contribution is -2.02. The van der Waals surface area contributed by atoms with E-state index in [9.17, 15) is 4.79 Å². The molecule has 0 spiro atoms. The molecule has 0 aliphatic rings. The lowest BCUT2D eigenvalue weighted by molar-refractivity contribution is -0.136. The standard InChI is InChI=1S/C13H15N3O3/c1-2-7-19-10-5-3-9(4-6-10)13-11(8-12(17)18)14-16-15-13/h3-6H,2,7-8H2,1H3,(H,17,18)(H,14,15,16). The predicted molar refractivity (Wildman–Crippen MR) is 68.9 cm³/mol. The van der Waals surface area contributed by atoms with Gasteiger partial charge in [0.1, 0.15) is 17.1 Å². The average Bonchev–Trinajstić information content (AvgIpc) is 2.84. The summed E-state index contributed by atoms with van der Waals surface area (Å²) in [6.45, 7) is 2.72. The number of aromatic nitrogens is 3. The Morgan fingerprint density at radius 1 is 1.32 bits per heavy atom. The zero-order valence-electron chi connectivity index (χ0n) is 10.6. The van der Waals surface area contributed by atoms with Crippen molar-refractivity contribution >= 4 is 5.97 Å². The molecule has 0 bridgehead atoms. The third kappa shape index (κ3) is 3.31. The molecule has 0 aliphatic carbocycles. The number of aliphatic carboxylic acids is 1. The van der Waals surface area contributed by atoms with E-state index in [0.29, 0.717) is 18.0 Å². The smallest absolute Gasteiger partial charge is 0.309 e. The molecule has 19 heavy (non-hydrogen) atoms. The number of carboxylic acid groups (broad SMARTS) is 1. The van der Waals surface area contributed by atoms with Crippen LogP contribution >= 0.6 is 0 Å². The minimum Gasteiger partial charge on any atom is -0.494 e. The molecule has 0 saturated carbocycles. The minimum absolute atomic E-state index is 0.153. The van der Waals surface area contributed by atoms with Crippen LogP contribution in [0.15, 0.2) is 24.3 Å². The SMILES string of the molecule is CCCOc1ccc(-c2n[nH]nc2CC(=O)O)cc1. The number of carboxylic acids is 1. The van der Waals surface area contributed by atoms with Crippen LogP contribution in [-0.4, -0.2) is 33.1 Å². The largest absolute Gasteiger partial charge is 0.494 e. The number of hydrogen-bond acceptors (Lipinski definition) is 4. The van der Waals surface area contributed by atoms with Crippen molar-refractivity contribution in [2.75, 3.05) is 6.61 Å². The highest BCUT2D eigenvalue weighted by Crippen LogP contribution is 2.23. The van der Waals surface area contributed by atoms with E-state index in [4.69, 9.17) is 9.84 Å². The second-order valence-electron chi connectivity index (χ2n) is 4.06. The van der Waals surface area contributed by atoms with Crippen LogP contribution in [-0.2, 0) is 11.2 Å². The first-order valence-corrected chi connectivity index (χ1v) is 6.05. The van der Waals surface area contributed by atoms with Crippen LogP contribution in [0.4, 0.5) is 0 Å². The van der Waals surface area contributed by atoms with Gasteiger partial charge in [-0.05, 0) is 30.7 Å². The van der Waals surface area contributed by atoms with E-state index in [-0.39, 0.29) is 6.42 Å². The van der Waals surface area contributed by atoms with Crippen LogP contribution < -0.4 is 4.74 Å². The summed E-state index contributed by atoms with van der Waals surface area (Å²) in [6.07, 6.45) is 0.799. The molecule has 2 rings (SSSR count). The Balaban J connectivity index is 2.18. The molecule has 0 amide bonds. The summed E-state index contributed by atoms with van der Waals surface area (Å²) in [4.78, 5) is 10.7. The highest BCUT2D eigenvalue weighted by Gasteiger charge is 2.13. The van der Waals surface area contributed by atoms with Crippen molar-refractivity contribution in [3.8, 4) is 17.0 Å². The van der Waals surface area contributed by atoms with Crippen LogP contribution in [0.1, 0.15) is 19.0 Å². The van der Waals surface area contributed by atoms with Crippen molar-refractivity contribution in [2.24, 2.45) is 0 Å². The van der Waals surface area contributed by atoms with Gasteiger partial charge in [0.15, 0.2) is 0 Å². The average molecular weight is 261 g/mol. The maximum Gasteiger partial charge on any atom is 0.309 e. The predicted octanol–water partition coefficient (Wildman–Crippen LogP) is 1.89. The molecule has 6 heteroatoms. The quantitative estimate of drug-likeness (QED) is 0.829. The first kappa shape index (κ1) is 13.1. The highest BCUT2D eigenvalue weighted by molar-refractivity contribution is 5.73. The summed E-state index contributed by atoms with van der Waals surface area (Å²) in [5.41, 5.74) is 1.80. The summed E-state index contributed by atoms with van der Waals surface area (Å²) in [7, 11) is 0. The number of rotatable bonds is 6. The second-order valence-corrected chi connectivity index (χ2v) is 4.06. The van der Waals surface area contributed by atoms with Gasteiger partial charge in [-0.25, -0.2) is 0 Å². The Hall–Kier alpha value is -2.37. The topological polar surface area (TPSA) is 88.1 Å². The number of carbonyl (C=O) groups is 1. The van der Waals surface area contributed by atoms with E-state index in [1.165, 1.54) is 0 Å². The summed E-state index contributed by atoms with van der Waals surface area (Å²) >= 11 is 0. The first-order valence-electron chi connectivity index (χ1n) is 6.05. The van der Waals surface area contributed by atoms with Gasteiger partial charge in [0.25, 0.3) is 0 Å². The summed E-state index contributed by atoms with van der Waals surface area (Å²) in [6, 6.07) is 7.36. The molecule has 1 aromatic heterocycles. The Morgan fingerprint density at radius 2 is 2.05 bits per heavy atom. The van der Waals surface area contributed by atoms with Gasteiger partial charge in [-0.15, -0.1) is 0 Å². The van der Waals surface area contributed by atoms with E-state index >= 15 is 0 Å². The normalized spacial score (nSPS) is 10.4. The number of aromatic amines is 1. The van der Waals surface area contributed by atoms with E-state index in [1.807, 2.05) is 31.2 Å². The van der Waals surface area contributed by atoms with Gasteiger partial charge in [0.05, 0.1) is 13.0 Å². The second kappa shape index (κ2) is 5.99. The third-order valence-electron chi connectivity index (χ3n) is 2.54. The van der Waals surface area contributed by atoms with Crippen molar-refractivity contribution in [3.63, 3.8) is 0 Å². The molecule has 1 aromatic carbocycles. The monoisotopic (exact) mass is 261 g/mol. The molecular weight excluding hydrogens is 246 g/mol. The Kier molecular flexibility index (Phi) is 4.12. The molecule has 0 saturated heterocycles. The molecule has 0 fully saturated rings. The van der Waals surface area contributed by atoms with Gasteiger partial charge >= 0.3 is 5.97 Å². The molecule has 2 N–H and O–H groups in total. The molecule has 0 atom stereocenters. The van der Waals surface area contributed by atoms with Crippen molar-refractivity contribution in [3.05, 3.63) is 30.0 Å². The highest BCUT2D eigenvalue weighted by atomic mass is 16.5. The van der Waals surface area contributed by atoms with Crippen LogP contribution in [0.3, 0.4) is 0 Å². The first-order chi connectivity index (χ1) is 9.20. The van der Waals surface area contributed by atoms with Gasteiger partial charge in [-0.2, -0.15) is 15.4 Å². The molecule has 0 aliphatic heterocycles. The number of benzene rings is 1. The number of ether oxygens (including phenoxy) is 1. The number of hydrogen-bond donors (Lipinski definition) is 2. The van der Waals surface area contributed by atoms with Gasteiger partial charge in [0, 0.05) is 5.56 Å².